The van der Waals surface area contributed by atoms with Crippen molar-refractivity contribution in [1.29, 1.82) is 0 Å². The van der Waals surface area contributed by atoms with Crippen molar-refractivity contribution in [2.24, 2.45) is 0 Å². The van der Waals surface area contributed by atoms with Crippen LogP contribution in [0, 0.1) is 0 Å². The maximum Gasteiger partial charge on any atom is 0.252 e. The van der Waals surface area contributed by atoms with E-state index in [0.29, 0.717) is 18.0 Å². The zero-order valence-electron chi connectivity index (χ0n) is 18.6. The normalized spacial score (nSPS) is 15.8. The van der Waals surface area contributed by atoms with E-state index in [2.05, 4.69) is 57.7 Å². The molecule has 1 aromatic heterocycles. The Kier molecular flexibility index (Phi) is 7.51. The fourth-order valence-electron chi connectivity index (χ4n) is 4.19. The molecule has 2 aromatic carbocycles. The van der Waals surface area contributed by atoms with Crippen LogP contribution >= 0.6 is 0 Å². The monoisotopic (exact) mass is 429 g/mol. The highest BCUT2D eigenvalue weighted by Gasteiger charge is 2.20. The van der Waals surface area contributed by atoms with E-state index in [-0.39, 0.29) is 12.0 Å². The van der Waals surface area contributed by atoms with Crippen LogP contribution in [0.3, 0.4) is 0 Å². The summed E-state index contributed by atoms with van der Waals surface area (Å²) in [6.45, 7) is 5.62. The molecule has 0 saturated carbocycles. The van der Waals surface area contributed by atoms with Crippen LogP contribution in [-0.4, -0.2) is 41.5 Å². The van der Waals surface area contributed by atoms with Crippen molar-refractivity contribution < 1.29 is 9.53 Å². The summed E-state index contributed by atoms with van der Waals surface area (Å²) in [7, 11) is 0. The number of carbonyl (C=O) groups is 1. The largest absolute Gasteiger partial charge is 0.489 e. The highest BCUT2D eigenvalue weighted by molar-refractivity contribution is 5.93. The van der Waals surface area contributed by atoms with Gasteiger partial charge in [0.15, 0.2) is 0 Å². The standard InChI is InChI=1S/C27H31N3O2/c1-21(18-29-27(31)25-8-5-15-28-19-25)32-26-11-9-22(10-12-26)20-30-16-13-24(14-17-30)23-6-3-2-4-7-23/h2-12,15,19,21,24H,13-14,16-18,20H2,1H3,(H,29,31). The smallest absolute Gasteiger partial charge is 0.252 e. The van der Waals surface area contributed by atoms with Crippen molar-refractivity contribution in [3.05, 3.63) is 95.8 Å². The quantitative estimate of drug-likeness (QED) is 0.566. The number of rotatable bonds is 8. The number of nitrogens with one attached hydrogen (secondary N) is 1. The summed E-state index contributed by atoms with van der Waals surface area (Å²) in [6.07, 6.45) is 5.52. The zero-order valence-corrected chi connectivity index (χ0v) is 18.6. The van der Waals surface area contributed by atoms with E-state index in [9.17, 15) is 4.79 Å². The number of hydrogen-bond donors (Lipinski definition) is 1. The Morgan fingerprint density at radius 3 is 2.50 bits per heavy atom. The topological polar surface area (TPSA) is 54.5 Å². The Balaban J connectivity index is 1.20. The first kappa shape index (κ1) is 22.0. The van der Waals surface area contributed by atoms with E-state index in [1.54, 1.807) is 24.5 Å². The Labute approximate surface area is 190 Å². The molecule has 0 spiro atoms. The molecule has 1 aliphatic rings. The predicted molar refractivity (Wildman–Crippen MR) is 127 cm³/mol. The molecule has 5 heteroatoms. The Morgan fingerprint density at radius 1 is 1.06 bits per heavy atom. The van der Waals surface area contributed by atoms with Gasteiger partial charge < -0.3 is 10.1 Å². The maximum atomic E-state index is 12.1. The molecule has 5 nitrogen and oxygen atoms in total. The predicted octanol–water partition coefficient (Wildman–Crippen LogP) is 4.66. The zero-order chi connectivity index (χ0) is 22.2. The van der Waals surface area contributed by atoms with Gasteiger partial charge in [-0.1, -0.05) is 42.5 Å². The Hall–Kier alpha value is -3.18. The van der Waals surface area contributed by atoms with E-state index in [1.807, 2.05) is 19.1 Å². The molecule has 1 atom stereocenters. The minimum atomic E-state index is -0.139. The minimum absolute atomic E-state index is 0.126. The molecule has 1 unspecified atom stereocenters. The van der Waals surface area contributed by atoms with Crippen molar-refractivity contribution in [2.75, 3.05) is 19.6 Å². The number of benzene rings is 2. The first-order valence-corrected chi connectivity index (χ1v) is 11.4. The van der Waals surface area contributed by atoms with Gasteiger partial charge in [-0.2, -0.15) is 0 Å². The summed E-state index contributed by atoms with van der Waals surface area (Å²) < 4.78 is 5.96. The highest BCUT2D eigenvalue weighted by atomic mass is 16.5. The van der Waals surface area contributed by atoms with E-state index in [0.717, 1.165) is 25.4 Å². The van der Waals surface area contributed by atoms with Crippen molar-refractivity contribution in [3.8, 4) is 5.75 Å². The first-order valence-electron chi connectivity index (χ1n) is 11.4. The number of piperidine rings is 1. The Bertz CT molecular complexity index is 969. The van der Waals surface area contributed by atoms with Gasteiger partial charge in [-0.15, -0.1) is 0 Å². The second kappa shape index (κ2) is 10.9. The van der Waals surface area contributed by atoms with Crippen LogP contribution in [-0.2, 0) is 6.54 Å². The highest BCUT2D eigenvalue weighted by Crippen LogP contribution is 2.28. The second-order valence-electron chi connectivity index (χ2n) is 8.49. The number of aromatic nitrogens is 1. The van der Waals surface area contributed by atoms with Crippen molar-refractivity contribution in [3.63, 3.8) is 0 Å². The van der Waals surface area contributed by atoms with Gasteiger partial charge in [0, 0.05) is 18.9 Å². The van der Waals surface area contributed by atoms with Crippen molar-refractivity contribution in [1.82, 2.24) is 15.2 Å². The lowest BCUT2D eigenvalue weighted by Crippen LogP contribution is -2.33. The Morgan fingerprint density at radius 2 is 1.81 bits per heavy atom. The number of hydrogen-bond acceptors (Lipinski definition) is 4. The van der Waals surface area contributed by atoms with E-state index in [1.165, 1.54) is 24.0 Å². The summed E-state index contributed by atoms with van der Waals surface area (Å²) in [4.78, 5) is 18.6. The van der Waals surface area contributed by atoms with Gasteiger partial charge in [0.05, 0.1) is 12.1 Å². The molecule has 0 radical (unpaired) electrons. The van der Waals surface area contributed by atoms with Crippen LogP contribution in [0.5, 0.6) is 5.75 Å². The van der Waals surface area contributed by atoms with Crippen LogP contribution in [0.25, 0.3) is 0 Å². The second-order valence-corrected chi connectivity index (χ2v) is 8.49. The fraction of sp³-hybridized carbons (Fsp3) is 0.333. The third kappa shape index (κ3) is 6.17. The molecule has 32 heavy (non-hydrogen) atoms. The van der Waals surface area contributed by atoms with Gasteiger partial charge in [0.2, 0.25) is 0 Å². The van der Waals surface area contributed by atoms with E-state index in [4.69, 9.17) is 4.74 Å². The molecule has 1 fully saturated rings. The molecule has 166 valence electrons. The van der Waals surface area contributed by atoms with Crippen molar-refractivity contribution in [2.45, 2.75) is 38.3 Å². The van der Waals surface area contributed by atoms with Crippen LogP contribution in [0.1, 0.15) is 47.2 Å². The number of pyridine rings is 1. The molecule has 1 saturated heterocycles. The van der Waals surface area contributed by atoms with E-state index >= 15 is 0 Å². The number of likely N-dealkylation sites (tertiary alicyclic amines) is 1. The molecular weight excluding hydrogens is 398 g/mol. The lowest BCUT2D eigenvalue weighted by molar-refractivity contribution is 0.0932. The average Bonchev–Trinajstić information content (AvgIpc) is 2.85. The maximum absolute atomic E-state index is 12.1. The van der Waals surface area contributed by atoms with Gasteiger partial charge >= 0.3 is 0 Å². The van der Waals surface area contributed by atoms with Crippen molar-refractivity contribution >= 4 is 5.91 Å². The lowest BCUT2D eigenvalue weighted by Gasteiger charge is -2.32. The molecule has 3 aromatic rings. The summed E-state index contributed by atoms with van der Waals surface area (Å²) in [5.74, 6) is 1.36. The van der Waals surface area contributed by atoms with Gasteiger partial charge in [0.25, 0.3) is 5.91 Å². The number of carbonyl (C=O) groups excluding carboxylic acids is 1. The van der Waals surface area contributed by atoms with Gasteiger partial charge in [0.1, 0.15) is 11.9 Å². The molecule has 0 bridgehead atoms. The van der Waals surface area contributed by atoms with Gasteiger partial charge in [-0.05, 0) is 74.2 Å². The van der Waals surface area contributed by atoms with E-state index < -0.39 is 0 Å². The van der Waals surface area contributed by atoms with Crippen LogP contribution < -0.4 is 10.1 Å². The minimum Gasteiger partial charge on any atom is -0.489 e. The van der Waals surface area contributed by atoms with Crippen LogP contribution in [0.15, 0.2) is 79.1 Å². The number of nitrogens with zero attached hydrogens (tertiary/aromatic N) is 2. The molecule has 0 aliphatic carbocycles. The summed E-state index contributed by atoms with van der Waals surface area (Å²) >= 11 is 0. The number of amides is 1. The third-order valence-corrected chi connectivity index (χ3v) is 6.00. The van der Waals surface area contributed by atoms with Gasteiger partial charge in [-0.3, -0.25) is 14.7 Å². The summed E-state index contributed by atoms with van der Waals surface area (Å²) in [5.41, 5.74) is 3.32. The molecule has 1 N–H and O–H groups in total. The average molecular weight is 430 g/mol. The molecule has 1 amide bonds. The summed E-state index contributed by atoms with van der Waals surface area (Å²) in [5, 5.41) is 2.89. The molecule has 2 heterocycles. The SMILES string of the molecule is CC(CNC(=O)c1cccnc1)Oc1ccc(CN2CCC(c3ccccc3)CC2)cc1. The molecule has 1 aliphatic heterocycles. The lowest BCUT2D eigenvalue weighted by atomic mass is 9.89. The molecule has 4 rings (SSSR count). The first-order chi connectivity index (χ1) is 15.7. The van der Waals surface area contributed by atoms with Gasteiger partial charge in [-0.25, -0.2) is 0 Å². The number of ether oxygens (including phenoxy) is 1. The third-order valence-electron chi connectivity index (χ3n) is 6.00. The van der Waals surface area contributed by atoms with Crippen LogP contribution in [0.2, 0.25) is 0 Å². The van der Waals surface area contributed by atoms with Crippen LogP contribution in [0.4, 0.5) is 0 Å². The fourth-order valence-corrected chi connectivity index (χ4v) is 4.19. The molecular formula is C27H31N3O2. The summed E-state index contributed by atoms with van der Waals surface area (Å²) in [6, 6.07) is 22.7.